The Balaban J connectivity index is 1.06. The molecule has 0 aliphatic heterocycles. The molecule has 0 bridgehead atoms. The molecule has 3 nitrogen and oxygen atoms in total. The predicted molar refractivity (Wildman–Crippen MR) is 226 cm³/mol. The fourth-order valence-corrected chi connectivity index (χ4v) is 11.2. The minimum absolute atomic E-state index is 0.120. The van der Waals surface area contributed by atoms with Gasteiger partial charge in [0.2, 0.25) is 0 Å². The minimum Gasteiger partial charge on any atom is -0.0465 e. The van der Waals surface area contributed by atoms with Crippen molar-refractivity contribution in [1.82, 2.24) is 15.0 Å². The maximum Gasteiger partial charge on any atom is -0.0293 e. The van der Waals surface area contributed by atoms with Crippen molar-refractivity contribution in [2.75, 3.05) is 0 Å². The molecule has 1 aliphatic carbocycles. The standard InChI is InChI=1S/C50H33N3Se/c1-50(2)42-17-8-6-15-37(42)38-25-24-36(29-43(38)50)49-52-47(32-11-4-3-5-12-32)51-48(53-49)35-14-10-13-33(27-35)34-22-20-30-19-21-31-23-26-40-39-16-7-9-18-44(39)54-46(40)45(31)41(30)28-34/h3-29H,1-2H3. The molecule has 4 heteroatoms. The van der Waals surface area contributed by atoms with Crippen LogP contribution in [0.4, 0.5) is 0 Å². The summed E-state index contributed by atoms with van der Waals surface area (Å²) < 4.78 is 2.95. The Kier molecular flexibility index (Phi) is 6.91. The third kappa shape index (κ3) is 4.84. The van der Waals surface area contributed by atoms with Crippen LogP contribution in [0, 0.1) is 0 Å². The zero-order chi connectivity index (χ0) is 36.0. The van der Waals surface area contributed by atoms with Gasteiger partial charge in [-0.1, -0.05) is 80.6 Å². The van der Waals surface area contributed by atoms with E-state index in [1.807, 2.05) is 18.2 Å². The summed E-state index contributed by atoms with van der Waals surface area (Å²) in [5.74, 6) is 2.00. The molecule has 2 heterocycles. The van der Waals surface area contributed by atoms with E-state index in [0.717, 1.165) is 22.3 Å². The molecule has 11 rings (SSSR count). The summed E-state index contributed by atoms with van der Waals surface area (Å²) in [7, 11) is 0. The number of fused-ring (bicyclic) bond motifs is 10. The van der Waals surface area contributed by atoms with Gasteiger partial charge < -0.3 is 0 Å². The number of nitrogens with zero attached hydrogens (tertiary/aromatic N) is 3. The molecule has 0 atom stereocenters. The van der Waals surface area contributed by atoms with Gasteiger partial charge in [-0.15, -0.1) is 0 Å². The summed E-state index contributed by atoms with van der Waals surface area (Å²) in [6, 6.07) is 59.3. The Bertz CT molecular complexity index is 3140. The third-order valence-electron chi connectivity index (χ3n) is 11.3. The molecule has 0 saturated carbocycles. The molecule has 254 valence electrons. The Morgan fingerprint density at radius 3 is 1.89 bits per heavy atom. The van der Waals surface area contributed by atoms with Crippen LogP contribution >= 0.6 is 0 Å². The van der Waals surface area contributed by atoms with E-state index in [9.17, 15) is 0 Å². The van der Waals surface area contributed by atoms with Crippen molar-refractivity contribution >= 4 is 55.3 Å². The van der Waals surface area contributed by atoms with Gasteiger partial charge in [0.25, 0.3) is 0 Å². The SMILES string of the molecule is CC1(C)c2ccccc2-c2ccc(-c3nc(-c4ccccc4)nc(-c4cccc(-c5ccc6ccc7ccc8c9ccccc9[se]c8c7c6c5)c4)n3)cc21. The summed E-state index contributed by atoms with van der Waals surface area (Å²) in [6.45, 7) is 4.62. The number of benzene rings is 8. The van der Waals surface area contributed by atoms with Crippen LogP contribution in [0.15, 0.2) is 164 Å². The second-order valence-electron chi connectivity index (χ2n) is 14.8. The summed E-state index contributed by atoms with van der Waals surface area (Å²) in [4.78, 5) is 15.4. The average Bonchev–Trinajstić information content (AvgIpc) is 3.72. The number of hydrogen-bond donors (Lipinski definition) is 0. The molecule has 10 aromatic rings. The zero-order valence-electron chi connectivity index (χ0n) is 29.8. The molecule has 0 fully saturated rings. The Labute approximate surface area is 319 Å². The van der Waals surface area contributed by atoms with Gasteiger partial charge >= 0.3 is 207 Å². The fourth-order valence-electron chi connectivity index (χ4n) is 8.53. The van der Waals surface area contributed by atoms with E-state index in [4.69, 9.17) is 15.0 Å². The van der Waals surface area contributed by atoms with E-state index in [0.29, 0.717) is 17.5 Å². The first-order chi connectivity index (χ1) is 26.5. The molecular weight excluding hydrogens is 722 g/mol. The van der Waals surface area contributed by atoms with Crippen molar-refractivity contribution in [3.8, 4) is 56.4 Å². The van der Waals surface area contributed by atoms with Gasteiger partial charge in [-0.2, -0.15) is 0 Å². The molecule has 0 amide bonds. The summed E-state index contributed by atoms with van der Waals surface area (Å²) in [5.41, 5.74) is 10.3. The second kappa shape index (κ2) is 11.9. The van der Waals surface area contributed by atoms with Gasteiger partial charge in [-0.25, -0.2) is 0 Å². The van der Waals surface area contributed by atoms with Gasteiger partial charge in [-0.05, 0) is 28.3 Å². The van der Waals surface area contributed by atoms with Gasteiger partial charge in [0.05, 0.1) is 0 Å². The zero-order valence-corrected chi connectivity index (χ0v) is 31.6. The van der Waals surface area contributed by atoms with Crippen LogP contribution < -0.4 is 0 Å². The third-order valence-corrected chi connectivity index (χ3v) is 13.8. The number of rotatable bonds is 4. The normalized spacial score (nSPS) is 13.1. The smallest absolute Gasteiger partial charge is 0.0293 e. The van der Waals surface area contributed by atoms with Gasteiger partial charge in [0.1, 0.15) is 0 Å². The van der Waals surface area contributed by atoms with E-state index in [1.165, 1.54) is 68.7 Å². The van der Waals surface area contributed by atoms with E-state index in [2.05, 4.69) is 159 Å². The van der Waals surface area contributed by atoms with E-state index in [-0.39, 0.29) is 19.9 Å². The largest absolute Gasteiger partial charge is 0.0465 e. The molecule has 0 saturated heterocycles. The fraction of sp³-hybridized carbons (Fsp3) is 0.0600. The first-order valence-corrected chi connectivity index (χ1v) is 20.1. The van der Waals surface area contributed by atoms with Crippen molar-refractivity contribution < 1.29 is 0 Å². The van der Waals surface area contributed by atoms with Crippen LogP contribution in [0.5, 0.6) is 0 Å². The van der Waals surface area contributed by atoms with Crippen molar-refractivity contribution in [3.63, 3.8) is 0 Å². The van der Waals surface area contributed by atoms with Crippen LogP contribution in [-0.2, 0) is 5.41 Å². The molecule has 0 unspecified atom stereocenters. The van der Waals surface area contributed by atoms with E-state index >= 15 is 0 Å². The van der Waals surface area contributed by atoms with Gasteiger partial charge in [0, 0.05) is 5.41 Å². The van der Waals surface area contributed by atoms with E-state index < -0.39 is 0 Å². The predicted octanol–water partition coefficient (Wildman–Crippen LogP) is 12.5. The maximum atomic E-state index is 5.19. The molecule has 0 spiro atoms. The molecule has 0 radical (unpaired) electrons. The van der Waals surface area contributed by atoms with Crippen molar-refractivity contribution in [1.29, 1.82) is 0 Å². The van der Waals surface area contributed by atoms with E-state index in [1.54, 1.807) is 0 Å². The summed E-state index contributed by atoms with van der Waals surface area (Å²) in [6.07, 6.45) is 0. The molecule has 54 heavy (non-hydrogen) atoms. The van der Waals surface area contributed by atoms with Crippen LogP contribution in [0.2, 0.25) is 0 Å². The van der Waals surface area contributed by atoms with Crippen LogP contribution in [-0.4, -0.2) is 29.5 Å². The summed E-state index contributed by atoms with van der Waals surface area (Å²) >= 11 is 0.265. The molecule has 1 aliphatic rings. The van der Waals surface area contributed by atoms with Crippen molar-refractivity contribution in [3.05, 3.63) is 175 Å². The van der Waals surface area contributed by atoms with Gasteiger partial charge in [0.15, 0.2) is 0 Å². The van der Waals surface area contributed by atoms with Crippen LogP contribution in [0.3, 0.4) is 0 Å². The Hall–Kier alpha value is -6.19. The molecule has 2 aromatic heterocycles. The Morgan fingerprint density at radius 1 is 0.407 bits per heavy atom. The molecule has 8 aromatic carbocycles. The molecule has 0 N–H and O–H groups in total. The van der Waals surface area contributed by atoms with Crippen LogP contribution in [0.1, 0.15) is 25.0 Å². The first kappa shape index (κ1) is 31.3. The number of aromatic nitrogens is 3. The first-order valence-electron chi connectivity index (χ1n) is 18.4. The van der Waals surface area contributed by atoms with Crippen molar-refractivity contribution in [2.24, 2.45) is 0 Å². The second-order valence-corrected chi connectivity index (χ2v) is 17.0. The topological polar surface area (TPSA) is 38.7 Å². The maximum absolute atomic E-state index is 5.19. The average molecular weight is 755 g/mol. The monoisotopic (exact) mass is 755 g/mol. The van der Waals surface area contributed by atoms with Crippen molar-refractivity contribution in [2.45, 2.75) is 19.3 Å². The minimum atomic E-state index is -0.120. The quantitative estimate of drug-likeness (QED) is 0.133. The van der Waals surface area contributed by atoms with Gasteiger partial charge in [-0.3, -0.25) is 0 Å². The molecular formula is C50H33N3Se. The van der Waals surface area contributed by atoms with Crippen LogP contribution in [0.25, 0.3) is 97.3 Å². The summed E-state index contributed by atoms with van der Waals surface area (Å²) in [5, 5.41) is 8.02. The Morgan fingerprint density at radius 2 is 1.02 bits per heavy atom. The number of hydrogen-bond acceptors (Lipinski definition) is 3.